The Balaban J connectivity index is 2.31. The van der Waals surface area contributed by atoms with E-state index in [4.69, 9.17) is 5.73 Å². The van der Waals surface area contributed by atoms with E-state index in [9.17, 15) is 8.78 Å². The van der Waals surface area contributed by atoms with Crippen LogP contribution in [0.25, 0.3) is 0 Å². The van der Waals surface area contributed by atoms with Crippen LogP contribution in [0.2, 0.25) is 0 Å². The summed E-state index contributed by atoms with van der Waals surface area (Å²) in [5.41, 5.74) is 5.44. The van der Waals surface area contributed by atoms with Crippen molar-refractivity contribution in [3.8, 4) is 0 Å². The second-order valence-corrected chi connectivity index (χ2v) is 4.00. The van der Waals surface area contributed by atoms with Crippen molar-refractivity contribution in [3.63, 3.8) is 0 Å². The minimum atomic E-state index is -2.16. The highest BCUT2D eigenvalue weighted by atomic mass is 32.2. The Morgan fingerprint density at radius 2 is 2.00 bits per heavy atom. The van der Waals surface area contributed by atoms with Crippen LogP contribution in [-0.4, -0.2) is 24.5 Å². The maximum atomic E-state index is 11.9. The van der Waals surface area contributed by atoms with Gasteiger partial charge in [0, 0.05) is 6.42 Å². The maximum Gasteiger partial charge on any atom is 0.238 e. The zero-order valence-electron chi connectivity index (χ0n) is 6.30. The van der Waals surface area contributed by atoms with Crippen molar-refractivity contribution >= 4 is 11.8 Å². The van der Waals surface area contributed by atoms with Crippen LogP contribution in [0.3, 0.4) is 0 Å². The molecule has 11 heavy (non-hydrogen) atoms. The quantitative estimate of drug-likeness (QED) is 0.715. The molecule has 1 aliphatic rings. The second-order valence-electron chi connectivity index (χ2n) is 2.92. The average Bonchev–Trinajstić information content (AvgIpc) is 2.34. The van der Waals surface area contributed by atoms with Gasteiger partial charge in [0.05, 0.1) is 0 Å². The summed E-state index contributed by atoms with van der Waals surface area (Å²) in [5, 5.41) is 0. The zero-order chi connectivity index (χ0) is 8.27. The fourth-order valence-electron chi connectivity index (χ4n) is 1.39. The molecule has 0 saturated carbocycles. The molecule has 1 nitrogen and oxygen atoms in total. The molecule has 0 amide bonds. The van der Waals surface area contributed by atoms with E-state index in [2.05, 4.69) is 0 Å². The number of rotatable bonds is 3. The van der Waals surface area contributed by atoms with Gasteiger partial charge in [-0.3, -0.25) is 0 Å². The number of halogens is 2. The standard InChI is InChI=1S/C7H13F2NS/c8-7(9)1-5-3-11-4-6(5)2-10/h5-7H,1-4,10H2. The predicted octanol–water partition coefficient (Wildman–Crippen LogP) is 1.58. The van der Waals surface area contributed by atoms with Crippen molar-refractivity contribution in [1.82, 2.24) is 0 Å². The summed E-state index contributed by atoms with van der Waals surface area (Å²) in [6, 6.07) is 0. The van der Waals surface area contributed by atoms with E-state index in [0.717, 1.165) is 11.5 Å². The molecule has 0 aromatic rings. The third-order valence-corrected chi connectivity index (χ3v) is 3.44. The Labute approximate surface area is 69.7 Å². The van der Waals surface area contributed by atoms with E-state index in [0.29, 0.717) is 12.5 Å². The molecule has 1 aliphatic heterocycles. The Kier molecular flexibility index (Phi) is 3.59. The van der Waals surface area contributed by atoms with Crippen molar-refractivity contribution in [3.05, 3.63) is 0 Å². The third kappa shape index (κ3) is 2.60. The van der Waals surface area contributed by atoms with Crippen LogP contribution < -0.4 is 5.73 Å². The van der Waals surface area contributed by atoms with Gasteiger partial charge in [-0.2, -0.15) is 11.8 Å². The van der Waals surface area contributed by atoms with Crippen LogP contribution in [0.1, 0.15) is 6.42 Å². The first-order valence-electron chi connectivity index (χ1n) is 3.80. The summed E-state index contributed by atoms with van der Waals surface area (Å²) in [6.45, 7) is 0.560. The zero-order valence-corrected chi connectivity index (χ0v) is 7.12. The molecule has 2 N–H and O–H groups in total. The molecule has 1 rings (SSSR count). The summed E-state index contributed by atoms with van der Waals surface area (Å²) in [5.74, 6) is 2.32. The molecule has 4 heteroatoms. The van der Waals surface area contributed by atoms with Crippen LogP contribution in [0, 0.1) is 11.8 Å². The highest BCUT2D eigenvalue weighted by molar-refractivity contribution is 7.99. The summed E-state index contributed by atoms with van der Waals surface area (Å²) >= 11 is 1.74. The predicted molar refractivity (Wildman–Crippen MR) is 44.0 cm³/mol. The Bertz CT molecular complexity index is 121. The van der Waals surface area contributed by atoms with E-state index in [1.54, 1.807) is 11.8 Å². The van der Waals surface area contributed by atoms with Crippen molar-refractivity contribution in [2.45, 2.75) is 12.8 Å². The Morgan fingerprint density at radius 1 is 1.36 bits per heavy atom. The van der Waals surface area contributed by atoms with Gasteiger partial charge in [0.25, 0.3) is 0 Å². The molecule has 0 spiro atoms. The lowest BCUT2D eigenvalue weighted by Gasteiger charge is -2.15. The molecule has 0 bridgehead atoms. The molecule has 2 atom stereocenters. The first-order valence-corrected chi connectivity index (χ1v) is 4.95. The topological polar surface area (TPSA) is 26.0 Å². The fraction of sp³-hybridized carbons (Fsp3) is 1.00. The van der Waals surface area contributed by atoms with E-state index >= 15 is 0 Å². The maximum absolute atomic E-state index is 11.9. The number of alkyl halides is 2. The van der Waals surface area contributed by atoms with E-state index in [1.165, 1.54) is 0 Å². The molecule has 2 unspecified atom stereocenters. The highest BCUT2D eigenvalue weighted by Gasteiger charge is 2.28. The van der Waals surface area contributed by atoms with Crippen molar-refractivity contribution in [2.24, 2.45) is 17.6 Å². The number of nitrogens with two attached hydrogens (primary N) is 1. The second kappa shape index (κ2) is 4.26. The van der Waals surface area contributed by atoms with Crippen molar-refractivity contribution in [1.29, 1.82) is 0 Å². The Hall–Kier alpha value is 0.170. The molecular weight excluding hydrogens is 168 g/mol. The van der Waals surface area contributed by atoms with E-state index in [-0.39, 0.29) is 12.3 Å². The fourth-order valence-corrected chi connectivity index (χ4v) is 2.95. The highest BCUT2D eigenvalue weighted by Crippen LogP contribution is 2.32. The van der Waals surface area contributed by atoms with Crippen LogP contribution in [0.5, 0.6) is 0 Å². The van der Waals surface area contributed by atoms with Gasteiger partial charge >= 0.3 is 0 Å². The van der Waals surface area contributed by atoms with E-state index < -0.39 is 6.43 Å². The molecule has 0 radical (unpaired) electrons. The lowest BCUT2D eigenvalue weighted by molar-refractivity contribution is 0.110. The van der Waals surface area contributed by atoms with Crippen LogP contribution in [0.4, 0.5) is 8.78 Å². The van der Waals surface area contributed by atoms with Gasteiger partial charge in [-0.25, -0.2) is 8.78 Å². The number of hydrogen-bond acceptors (Lipinski definition) is 2. The normalized spacial score (nSPS) is 31.6. The van der Waals surface area contributed by atoms with Crippen LogP contribution in [-0.2, 0) is 0 Å². The summed E-state index contributed by atoms with van der Waals surface area (Å²) in [6.07, 6.45) is -2.12. The first kappa shape index (κ1) is 9.26. The molecule has 0 aliphatic carbocycles. The molecule has 0 aromatic carbocycles. The van der Waals surface area contributed by atoms with Crippen LogP contribution >= 0.6 is 11.8 Å². The monoisotopic (exact) mass is 181 g/mol. The van der Waals surface area contributed by atoms with Gasteiger partial charge in [0.2, 0.25) is 6.43 Å². The van der Waals surface area contributed by atoms with Gasteiger partial charge in [-0.05, 0) is 29.9 Å². The molecule has 0 aromatic heterocycles. The summed E-state index contributed by atoms with van der Waals surface area (Å²) < 4.78 is 23.9. The molecule has 1 saturated heterocycles. The van der Waals surface area contributed by atoms with Gasteiger partial charge < -0.3 is 5.73 Å². The molecule has 1 fully saturated rings. The number of thioether (sulfide) groups is 1. The lowest BCUT2D eigenvalue weighted by atomic mass is 9.93. The van der Waals surface area contributed by atoms with Gasteiger partial charge in [-0.1, -0.05) is 0 Å². The van der Waals surface area contributed by atoms with Gasteiger partial charge in [-0.15, -0.1) is 0 Å². The minimum Gasteiger partial charge on any atom is -0.330 e. The average molecular weight is 181 g/mol. The number of hydrogen-bond donors (Lipinski definition) is 1. The smallest absolute Gasteiger partial charge is 0.238 e. The lowest BCUT2D eigenvalue weighted by Crippen LogP contribution is -2.23. The third-order valence-electron chi connectivity index (χ3n) is 2.11. The SMILES string of the molecule is NCC1CSCC1CC(F)F. The van der Waals surface area contributed by atoms with Gasteiger partial charge in [0.1, 0.15) is 0 Å². The summed E-state index contributed by atoms with van der Waals surface area (Å²) in [4.78, 5) is 0. The van der Waals surface area contributed by atoms with Crippen LogP contribution in [0.15, 0.2) is 0 Å². The molecular formula is C7H13F2NS. The van der Waals surface area contributed by atoms with Crippen molar-refractivity contribution < 1.29 is 8.78 Å². The van der Waals surface area contributed by atoms with E-state index in [1.807, 2.05) is 0 Å². The minimum absolute atomic E-state index is 0.0366. The Morgan fingerprint density at radius 3 is 2.55 bits per heavy atom. The molecule has 1 heterocycles. The van der Waals surface area contributed by atoms with Gasteiger partial charge in [0.15, 0.2) is 0 Å². The largest absolute Gasteiger partial charge is 0.330 e. The molecule has 66 valence electrons. The first-order chi connectivity index (χ1) is 5.24. The summed E-state index contributed by atoms with van der Waals surface area (Å²) in [7, 11) is 0. The van der Waals surface area contributed by atoms with Crippen molar-refractivity contribution in [2.75, 3.05) is 18.1 Å².